The number of carbonyl (C=O) groups is 1. The predicted molar refractivity (Wildman–Crippen MR) is 86.1 cm³/mol. The quantitative estimate of drug-likeness (QED) is 0.879. The number of hydrogen-bond acceptors (Lipinski definition) is 2. The molecule has 2 rings (SSSR count). The Balaban J connectivity index is 1.93. The van der Waals surface area contributed by atoms with Crippen molar-refractivity contribution in [2.24, 2.45) is 5.92 Å². The molecule has 0 unspecified atom stereocenters. The molecule has 0 radical (unpaired) electrons. The van der Waals surface area contributed by atoms with Crippen molar-refractivity contribution in [1.82, 2.24) is 4.90 Å². The van der Waals surface area contributed by atoms with Crippen LogP contribution >= 0.6 is 23.2 Å². The maximum Gasteiger partial charge on any atom is 0.321 e. The fraction of sp³-hybridized carbons (Fsp3) is 0.533. The highest BCUT2D eigenvalue weighted by atomic mass is 35.5. The first-order valence-electron chi connectivity index (χ1n) is 7.10. The summed E-state index contributed by atoms with van der Waals surface area (Å²) < 4.78 is 0. The van der Waals surface area contributed by atoms with Gasteiger partial charge in [-0.25, -0.2) is 4.79 Å². The van der Waals surface area contributed by atoms with Gasteiger partial charge < -0.3 is 15.3 Å². The zero-order valence-electron chi connectivity index (χ0n) is 12.0. The summed E-state index contributed by atoms with van der Waals surface area (Å²) in [4.78, 5) is 14.0. The largest absolute Gasteiger partial charge is 0.396 e. The number of benzene rings is 1. The predicted octanol–water partition coefficient (Wildman–Crippen LogP) is 4.01. The first kappa shape index (κ1) is 16.4. The van der Waals surface area contributed by atoms with Gasteiger partial charge in [0.25, 0.3) is 0 Å². The van der Waals surface area contributed by atoms with Crippen LogP contribution in [0.3, 0.4) is 0 Å². The van der Waals surface area contributed by atoms with Crippen LogP contribution in [0.2, 0.25) is 10.0 Å². The standard InChI is InChI=1S/C15H20Cl2N2O2/c1-19(14-4-2-10(9-20)3-5-14)15(21)18-13-7-11(16)6-12(17)8-13/h6-8,10,14,20H,2-5,9H2,1H3,(H,18,21). The minimum atomic E-state index is -0.166. The molecule has 1 aromatic rings. The Labute approximate surface area is 135 Å². The molecule has 0 saturated heterocycles. The molecule has 0 bridgehead atoms. The van der Waals surface area contributed by atoms with Gasteiger partial charge in [0.05, 0.1) is 0 Å². The summed E-state index contributed by atoms with van der Waals surface area (Å²) in [5, 5.41) is 12.9. The van der Waals surface area contributed by atoms with Crippen molar-refractivity contribution in [3.8, 4) is 0 Å². The van der Waals surface area contributed by atoms with E-state index in [9.17, 15) is 4.79 Å². The lowest BCUT2D eigenvalue weighted by Gasteiger charge is -2.34. The van der Waals surface area contributed by atoms with Crippen molar-refractivity contribution in [2.45, 2.75) is 31.7 Å². The molecule has 2 amide bonds. The molecule has 0 spiro atoms. The first-order valence-corrected chi connectivity index (χ1v) is 7.86. The number of halogens is 2. The summed E-state index contributed by atoms with van der Waals surface area (Å²) in [6.45, 7) is 0.240. The van der Waals surface area contributed by atoms with Crippen LogP contribution < -0.4 is 5.32 Å². The number of carbonyl (C=O) groups excluding carboxylic acids is 1. The van der Waals surface area contributed by atoms with Gasteiger partial charge in [0.2, 0.25) is 0 Å². The topological polar surface area (TPSA) is 52.6 Å². The molecule has 0 atom stereocenters. The van der Waals surface area contributed by atoms with Gasteiger partial charge in [0.1, 0.15) is 0 Å². The number of amides is 2. The van der Waals surface area contributed by atoms with Crippen molar-refractivity contribution < 1.29 is 9.90 Å². The number of urea groups is 1. The van der Waals surface area contributed by atoms with E-state index in [1.165, 1.54) is 0 Å². The molecule has 4 nitrogen and oxygen atoms in total. The molecule has 1 aliphatic carbocycles. The number of hydrogen-bond donors (Lipinski definition) is 2. The Morgan fingerprint density at radius 3 is 2.33 bits per heavy atom. The first-order chi connectivity index (χ1) is 9.99. The molecule has 1 fully saturated rings. The van der Waals surface area contributed by atoms with Crippen molar-refractivity contribution in [1.29, 1.82) is 0 Å². The number of nitrogens with zero attached hydrogens (tertiary/aromatic N) is 1. The van der Waals surface area contributed by atoms with Crippen LogP contribution in [0.1, 0.15) is 25.7 Å². The summed E-state index contributed by atoms with van der Waals surface area (Å²) >= 11 is 11.8. The normalized spacial score (nSPS) is 21.9. The van der Waals surface area contributed by atoms with Crippen molar-refractivity contribution in [3.05, 3.63) is 28.2 Å². The second-order valence-corrected chi connectivity index (χ2v) is 6.43. The molecule has 0 aliphatic heterocycles. The lowest BCUT2D eigenvalue weighted by molar-refractivity contribution is 0.139. The third kappa shape index (κ3) is 4.50. The molecule has 6 heteroatoms. The van der Waals surface area contributed by atoms with E-state index in [2.05, 4.69) is 5.32 Å². The molecule has 2 N–H and O–H groups in total. The van der Waals surface area contributed by atoms with Crippen molar-refractivity contribution in [3.63, 3.8) is 0 Å². The van der Waals surface area contributed by atoms with Gasteiger partial charge in [-0.05, 0) is 49.8 Å². The van der Waals surface area contributed by atoms with E-state index in [4.69, 9.17) is 28.3 Å². The van der Waals surface area contributed by atoms with E-state index in [0.29, 0.717) is 21.7 Å². The molecular formula is C15H20Cl2N2O2. The van der Waals surface area contributed by atoms with Crippen molar-refractivity contribution in [2.75, 3.05) is 19.0 Å². The van der Waals surface area contributed by atoms with Crippen LogP contribution in [0.25, 0.3) is 0 Å². The number of rotatable bonds is 3. The fourth-order valence-corrected chi connectivity index (χ4v) is 3.24. The second-order valence-electron chi connectivity index (χ2n) is 5.56. The van der Waals surface area contributed by atoms with E-state index in [1.807, 2.05) is 0 Å². The molecule has 1 saturated carbocycles. The van der Waals surface area contributed by atoms with E-state index in [-0.39, 0.29) is 18.7 Å². The van der Waals surface area contributed by atoms with E-state index < -0.39 is 0 Å². The molecule has 0 aromatic heterocycles. The van der Waals surface area contributed by atoms with Gasteiger partial charge >= 0.3 is 6.03 Å². The van der Waals surface area contributed by atoms with Crippen LogP contribution in [0.4, 0.5) is 10.5 Å². The Kier molecular flexibility index (Phi) is 5.73. The molecule has 116 valence electrons. The lowest BCUT2D eigenvalue weighted by Crippen LogP contribution is -2.42. The number of aliphatic hydroxyl groups is 1. The Hall–Kier alpha value is -0.970. The molecule has 21 heavy (non-hydrogen) atoms. The van der Waals surface area contributed by atoms with Crippen LogP contribution in [0.5, 0.6) is 0 Å². The smallest absolute Gasteiger partial charge is 0.321 e. The third-order valence-electron chi connectivity index (χ3n) is 4.06. The zero-order chi connectivity index (χ0) is 15.4. The molecule has 1 aromatic carbocycles. The molecule has 1 aliphatic rings. The highest BCUT2D eigenvalue weighted by Gasteiger charge is 2.26. The summed E-state index contributed by atoms with van der Waals surface area (Å²) in [5.74, 6) is 0.379. The van der Waals surface area contributed by atoms with Crippen molar-refractivity contribution >= 4 is 34.9 Å². The minimum absolute atomic E-state index is 0.166. The van der Waals surface area contributed by atoms with Gasteiger partial charge in [-0.2, -0.15) is 0 Å². The lowest BCUT2D eigenvalue weighted by atomic mass is 9.86. The zero-order valence-corrected chi connectivity index (χ0v) is 13.5. The van der Waals surface area contributed by atoms with Crippen LogP contribution in [-0.4, -0.2) is 35.7 Å². The van der Waals surface area contributed by atoms with E-state index in [0.717, 1.165) is 25.7 Å². The second kappa shape index (κ2) is 7.34. The van der Waals surface area contributed by atoms with Gasteiger partial charge in [0, 0.05) is 35.4 Å². The maximum absolute atomic E-state index is 12.3. The number of aliphatic hydroxyl groups excluding tert-OH is 1. The highest BCUT2D eigenvalue weighted by Crippen LogP contribution is 2.27. The highest BCUT2D eigenvalue weighted by molar-refractivity contribution is 6.35. The minimum Gasteiger partial charge on any atom is -0.396 e. The maximum atomic E-state index is 12.3. The Morgan fingerprint density at radius 1 is 1.24 bits per heavy atom. The average molecular weight is 331 g/mol. The van der Waals surface area contributed by atoms with Gasteiger partial charge in [0.15, 0.2) is 0 Å². The van der Waals surface area contributed by atoms with Crippen LogP contribution in [0.15, 0.2) is 18.2 Å². The SMILES string of the molecule is CN(C(=O)Nc1cc(Cl)cc(Cl)c1)C1CCC(CO)CC1. The number of anilines is 1. The van der Waals surface area contributed by atoms with Gasteiger partial charge in [-0.15, -0.1) is 0 Å². The third-order valence-corrected chi connectivity index (χ3v) is 4.49. The monoisotopic (exact) mass is 330 g/mol. The van der Waals surface area contributed by atoms with Gasteiger partial charge in [-0.3, -0.25) is 0 Å². The summed E-state index contributed by atoms with van der Waals surface area (Å²) in [5.41, 5.74) is 0.591. The fourth-order valence-electron chi connectivity index (χ4n) is 2.72. The van der Waals surface area contributed by atoms with E-state index >= 15 is 0 Å². The summed E-state index contributed by atoms with van der Waals surface area (Å²) in [6, 6.07) is 5.01. The Bertz CT molecular complexity index is 482. The van der Waals surface area contributed by atoms with E-state index in [1.54, 1.807) is 30.1 Å². The average Bonchev–Trinajstić information content (AvgIpc) is 2.45. The summed E-state index contributed by atoms with van der Waals surface area (Å²) in [7, 11) is 1.80. The Morgan fingerprint density at radius 2 is 1.81 bits per heavy atom. The molecule has 0 heterocycles. The molecular weight excluding hydrogens is 311 g/mol. The van der Waals surface area contributed by atoms with Gasteiger partial charge in [-0.1, -0.05) is 23.2 Å². The van der Waals surface area contributed by atoms with Crippen LogP contribution in [-0.2, 0) is 0 Å². The van der Waals surface area contributed by atoms with Crippen LogP contribution in [0, 0.1) is 5.92 Å². The summed E-state index contributed by atoms with van der Waals surface area (Å²) in [6.07, 6.45) is 3.76. The number of nitrogens with one attached hydrogen (secondary N) is 1.